The van der Waals surface area contributed by atoms with Gasteiger partial charge < -0.3 is 11.5 Å². The van der Waals surface area contributed by atoms with Crippen LogP contribution in [0.5, 0.6) is 0 Å². The fourth-order valence-electron chi connectivity index (χ4n) is 0.778. The Kier molecular flexibility index (Phi) is 2.07. The number of nitrogen functional groups attached to an aromatic ring is 2. The molecule has 1 heterocycles. The Bertz CT molecular complexity index is 277. The lowest BCUT2D eigenvalue weighted by molar-refractivity contribution is 0.146. The smallest absolute Gasteiger partial charge is 0.270 e. The minimum atomic E-state index is -2.97. The van der Waals surface area contributed by atoms with Crippen LogP contribution in [0.4, 0.5) is 24.7 Å². The first kappa shape index (κ1) is 8.63. The summed E-state index contributed by atoms with van der Waals surface area (Å²) in [4.78, 5) is 3.01. The summed E-state index contributed by atoms with van der Waals surface area (Å²) in [5.41, 5.74) is 8.86. The molecule has 6 heteroatoms. The van der Waals surface area contributed by atoms with Gasteiger partial charge >= 0.3 is 0 Å². The van der Waals surface area contributed by atoms with Crippen LogP contribution in [0.25, 0.3) is 0 Å². The lowest BCUT2D eigenvalue weighted by atomic mass is 10.2. The Labute approximate surface area is 66.2 Å². The van der Waals surface area contributed by atoms with Crippen molar-refractivity contribution < 1.29 is 13.2 Å². The number of aromatic nitrogens is 1. The molecule has 1 aromatic rings. The third-order valence-corrected chi connectivity index (χ3v) is 1.28. The maximum absolute atomic E-state index is 12.6. The van der Waals surface area contributed by atoms with Crippen LogP contribution >= 0.6 is 0 Å². The lowest BCUT2D eigenvalue weighted by Gasteiger charge is -2.05. The quantitative estimate of drug-likeness (QED) is 0.636. The highest BCUT2D eigenvalue weighted by molar-refractivity contribution is 5.53. The van der Waals surface area contributed by atoms with E-state index in [2.05, 4.69) is 4.98 Å². The summed E-state index contributed by atoms with van der Waals surface area (Å²) in [6.07, 6.45) is -2.97. The molecule has 1 aromatic heterocycles. The highest BCUT2D eigenvalue weighted by Gasteiger charge is 2.18. The molecule has 0 spiro atoms. The van der Waals surface area contributed by atoms with Crippen LogP contribution in [-0.2, 0) is 0 Å². The fourth-order valence-corrected chi connectivity index (χ4v) is 0.778. The number of rotatable bonds is 1. The Morgan fingerprint density at radius 2 is 1.92 bits per heavy atom. The van der Waals surface area contributed by atoms with Crippen LogP contribution in [0.15, 0.2) is 6.07 Å². The molecule has 0 aromatic carbocycles. The Hall–Kier alpha value is -1.46. The second kappa shape index (κ2) is 2.88. The van der Waals surface area contributed by atoms with E-state index in [9.17, 15) is 13.2 Å². The molecule has 0 saturated carbocycles. The third kappa shape index (κ3) is 1.41. The van der Waals surface area contributed by atoms with Gasteiger partial charge in [-0.15, -0.1) is 0 Å². The van der Waals surface area contributed by atoms with E-state index in [1.165, 1.54) is 0 Å². The zero-order valence-electron chi connectivity index (χ0n) is 5.89. The van der Waals surface area contributed by atoms with Gasteiger partial charge in [0, 0.05) is 11.8 Å². The monoisotopic (exact) mass is 177 g/mol. The first-order valence-corrected chi connectivity index (χ1v) is 3.02. The summed E-state index contributed by atoms with van der Waals surface area (Å²) in [7, 11) is 0. The number of alkyl halides is 2. The molecule has 66 valence electrons. The van der Waals surface area contributed by atoms with Gasteiger partial charge in [0.25, 0.3) is 6.43 Å². The van der Waals surface area contributed by atoms with Crippen LogP contribution in [0, 0.1) is 5.95 Å². The molecule has 0 radical (unpaired) electrons. The highest BCUT2D eigenvalue weighted by atomic mass is 19.3. The minimum Gasteiger partial charge on any atom is -0.398 e. The van der Waals surface area contributed by atoms with E-state index in [0.717, 1.165) is 6.07 Å². The largest absolute Gasteiger partial charge is 0.398 e. The van der Waals surface area contributed by atoms with E-state index in [1.807, 2.05) is 0 Å². The van der Waals surface area contributed by atoms with E-state index in [-0.39, 0.29) is 11.5 Å². The molecule has 3 nitrogen and oxygen atoms in total. The van der Waals surface area contributed by atoms with E-state index >= 15 is 0 Å². The topological polar surface area (TPSA) is 64.9 Å². The molecule has 12 heavy (non-hydrogen) atoms. The second-order valence-electron chi connectivity index (χ2n) is 2.14. The molecule has 0 bridgehead atoms. The third-order valence-electron chi connectivity index (χ3n) is 1.28. The fraction of sp³-hybridized carbons (Fsp3) is 0.167. The molecular weight excluding hydrogens is 171 g/mol. The normalized spacial score (nSPS) is 10.7. The van der Waals surface area contributed by atoms with Gasteiger partial charge in [0.1, 0.15) is 5.82 Å². The van der Waals surface area contributed by atoms with Crippen LogP contribution < -0.4 is 11.5 Å². The van der Waals surface area contributed by atoms with Crippen molar-refractivity contribution in [3.05, 3.63) is 17.6 Å². The molecule has 0 aliphatic rings. The Balaban J connectivity index is 3.28. The lowest BCUT2D eigenvalue weighted by Crippen LogP contribution is -2.04. The Morgan fingerprint density at radius 3 is 2.33 bits per heavy atom. The van der Waals surface area contributed by atoms with E-state index < -0.39 is 17.9 Å². The predicted molar refractivity (Wildman–Crippen MR) is 38.0 cm³/mol. The van der Waals surface area contributed by atoms with Crippen LogP contribution in [0.2, 0.25) is 0 Å². The van der Waals surface area contributed by atoms with Crippen molar-refractivity contribution >= 4 is 11.5 Å². The van der Waals surface area contributed by atoms with Gasteiger partial charge in [-0.1, -0.05) is 0 Å². The van der Waals surface area contributed by atoms with Crippen molar-refractivity contribution in [3.63, 3.8) is 0 Å². The molecule has 1 rings (SSSR count). The van der Waals surface area contributed by atoms with Crippen molar-refractivity contribution in [2.75, 3.05) is 11.5 Å². The van der Waals surface area contributed by atoms with E-state index in [0.29, 0.717) is 0 Å². The molecule has 0 amide bonds. The first-order valence-electron chi connectivity index (χ1n) is 3.02. The second-order valence-corrected chi connectivity index (χ2v) is 2.14. The number of nitrogens with two attached hydrogens (primary N) is 2. The van der Waals surface area contributed by atoms with Gasteiger partial charge in [-0.25, -0.2) is 13.8 Å². The van der Waals surface area contributed by atoms with E-state index in [4.69, 9.17) is 11.5 Å². The molecule has 0 unspecified atom stereocenters. The van der Waals surface area contributed by atoms with Gasteiger partial charge in [-0.05, 0) is 0 Å². The van der Waals surface area contributed by atoms with Crippen molar-refractivity contribution in [2.45, 2.75) is 6.43 Å². The van der Waals surface area contributed by atoms with Crippen molar-refractivity contribution in [1.29, 1.82) is 0 Å². The summed E-state index contributed by atoms with van der Waals surface area (Å²) >= 11 is 0. The molecule has 0 aliphatic carbocycles. The molecule has 0 aliphatic heterocycles. The molecule has 0 saturated heterocycles. The van der Waals surface area contributed by atoms with Gasteiger partial charge in [0.05, 0.1) is 5.56 Å². The summed E-state index contributed by atoms with van der Waals surface area (Å²) < 4.78 is 36.7. The predicted octanol–water partition coefficient (Wildman–Crippen LogP) is 1.32. The standard InChI is InChI=1S/C6H6F3N3/c7-5(8)4-2(10)1-3(11)12-6(4)9/h1,5H,(H4,10,11,12). The van der Waals surface area contributed by atoms with Gasteiger partial charge in [-0.2, -0.15) is 4.39 Å². The van der Waals surface area contributed by atoms with E-state index in [1.54, 1.807) is 0 Å². The van der Waals surface area contributed by atoms with Crippen LogP contribution in [0.3, 0.4) is 0 Å². The summed E-state index contributed by atoms with van der Waals surface area (Å²) in [6, 6.07) is 0.991. The van der Waals surface area contributed by atoms with Crippen molar-refractivity contribution in [1.82, 2.24) is 4.98 Å². The zero-order valence-corrected chi connectivity index (χ0v) is 5.89. The number of anilines is 2. The maximum Gasteiger partial charge on any atom is 0.270 e. The molecule has 0 fully saturated rings. The number of hydrogen-bond donors (Lipinski definition) is 2. The Morgan fingerprint density at radius 1 is 1.33 bits per heavy atom. The van der Waals surface area contributed by atoms with Crippen molar-refractivity contribution in [3.8, 4) is 0 Å². The molecule has 0 atom stereocenters. The van der Waals surface area contributed by atoms with Crippen LogP contribution in [0.1, 0.15) is 12.0 Å². The molecular formula is C6H6F3N3. The van der Waals surface area contributed by atoms with Gasteiger partial charge in [-0.3, -0.25) is 0 Å². The van der Waals surface area contributed by atoms with Crippen molar-refractivity contribution in [2.24, 2.45) is 0 Å². The summed E-state index contributed by atoms with van der Waals surface area (Å²) in [5.74, 6) is -1.53. The highest BCUT2D eigenvalue weighted by Crippen LogP contribution is 2.27. The van der Waals surface area contributed by atoms with Gasteiger partial charge in [0.15, 0.2) is 0 Å². The summed E-state index contributed by atoms with van der Waals surface area (Å²) in [5, 5.41) is 0. The SMILES string of the molecule is Nc1cc(N)c(C(F)F)c(F)n1. The number of pyridine rings is 1. The number of halogens is 3. The average molecular weight is 177 g/mol. The first-order chi connectivity index (χ1) is 5.52. The maximum atomic E-state index is 12.6. The number of hydrogen-bond acceptors (Lipinski definition) is 3. The average Bonchev–Trinajstić information content (AvgIpc) is 1.82. The van der Waals surface area contributed by atoms with Crippen LogP contribution in [-0.4, -0.2) is 4.98 Å². The molecule has 4 N–H and O–H groups in total. The summed E-state index contributed by atoms with van der Waals surface area (Å²) in [6.45, 7) is 0. The van der Waals surface area contributed by atoms with Gasteiger partial charge in [0.2, 0.25) is 5.95 Å². The minimum absolute atomic E-state index is 0.214. The number of nitrogens with zero attached hydrogens (tertiary/aromatic N) is 1. The zero-order chi connectivity index (χ0) is 9.30.